The Hall–Kier alpha value is -0.630. The highest BCUT2D eigenvalue weighted by Crippen LogP contribution is 2.89. The SMILES string of the molecule is CC(C)=CCC[C@@H](C)[C@H]1CC[C@@]2(C)[C@@H]3CC[C@H]4[C@](C)(C=O)[C@@H](O)CC[C@@]45C[C@@]35CC[C@]12C. The van der Waals surface area contributed by atoms with Crippen molar-refractivity contribution in [2.24, 2.45) is 50.7 Å². The molecule has 0 bridgehead atoms. The molecule has 1 N–H and O–H groups in total. The molecule has 0 aliphatic heterocycles. The van der Waals surface area contributed by atoms with Crippen molar-refractivity contribution in [3.8, 4) is 0 Å². The number of aliphatic hydroxyl groups excluding tert-OH is 1. The van der Waals surface area contributed by atoms with Gasteiger partial charge >= 0.3 is 0 Å². The summed E-state index contributed by atoms with van der Waals surface area (Å²) < 4.78 is 0. The predicted octanol–water partition coefficient (Wildman–Crippen LogP) is 7.35. The molecule has 0 aromatic rings. The van der Waals surface area contributed by atoms with Crippen LogP contribution in [0.25, 0.3) is 0 Å². The number of rotatable bonds is 5. The summed E-state index contributed by atoms with van der Waals surface area (Å²) in [5.74, 6) is 2.89. The van der Waals surface area contributed by atoms with Crippen LogP contribution in [0.3, 0.4) is 0 Å². The van der Waals surface area contributed by atoms with Crippen LogP contribution in [-0.2, 0) is 4.79 Å². The van der Waals surface area contributed by atoms with Gasteiger partial charge in [0, 0.05) is 0 Å². The van der Waals surface area contributed by atoms with Crippen LogP contribution >= 0.6 is 0 Å². The van der Waals surface area contributed by atoms with E-state index in [2.05, 4.69) is 47.6 Å². The van der Waals surface area contributed by atoms with Crippen molar-refractivity contribution in [1.29, 1.82) is 0 Å². The minimum atomic E-state index is -0.522. The second-order valence-corrected chi connectivity index (χ2v) is 14.0. The summed E-state index contributed by atoms with van der Waals surface area (Å²) in [6.07, 6.45) is 17.1. The Morgan fingerprint density at radius 1 is 0.938 bits per heavy atom. The first-order chi connectivity index (χ1) is 15.0. The average molecular weight is 441 g/mol. The topological polar surface area (TPSA) is 37.3 Å². The summed E-state index contributed by atoms with van der Waals surface area (Å²) in [4.78, 5) is 12.2. The van der Waals surface area contributed by atoms with Crippen LogP contribution in [-0.4, -0.2) is 17.5 Å². The van der Waals surface area contributed by atoms with E-state index >= 15 is 0 Å². The maximum Gasteiger partial charge on any atom is 0.128 e. The first-order valence-electron chi connectivity index (χ1n) is 13.8. The van der Waals surface area contributed by atoms with Gasteiger partial charge in [-0.05, 0) is 130 Å². The van der Waals surface area contributed by atoms with E-state index in [-0.39, 0.29) is 0 Å². The van der Waals surface area contributed by atoms with Crippen molar-refractivity contribution in [3.05, 3.63) is 11.6 Å². The van der Waals surface area contributed by atoms with Gasteiger partial charge in [-0.1, -0.05) is 39.3 Å². The first-order valence-corrected chi connectivity index (χ1v) is 13.8. The maximum absolute atomic E-state index is 12.2. The van der Waals surface area contributed by atoms with Gasteiger partial charge in [-0.25, -0.2) is 0 Å². The number of hydrogen-bond donors (Lipinski definition) is 1. The summed E-state index contributed by atoms with van der Waals surface area (Å²) in [7, 11) is 0. The molecule has 0 amide bonds. The van der Waals surface area contributed by atoms with Gasteiger partial charge in [0.05, 0.1) is 11.5 Å². The molecule has 0 aromatic carbocycles. The molecule has 5 fully saturated rings. The third-order valence-corrected chi connectivity index (χ3v) is 13.0. The number of carbonyl (C=O) groups is 1. The van der Waals surface area contributed by atoms with Crippen molar-refractivity contribution in [1.82, 2.24) is 0 Å². The highest BCUT2D eigenvalue weighted by Gasteiger charge is 2.82. The molecule has 2 nitrogen and oxygen atoms in total. The molecule has 5 saturated carbocycles. The Bertz CT molecular complexity index is 812. The predicted molar refractivity (Wildman–Crippen MR) is 131 cm³/mol. The van der Waals surface area contributed by atoms with Crippen LogP contribution < -0.4 is 0 Å². The Morgan fingerprint density at radius 3 is 2.31 bits per heavy atom. The summed E-state index contributed by atoms with van der Waals surface area (Å²) >= 11 is 0. The number of hydrogen-bond acceptors (Lipinski definition) is 2. The van der Waals surface area contributed by atoms with Crippen LogP contribution in [0.2, 0.25) is 0 Å². The number of allylic oxidation sites excluding steroid dienone is 2. The molecule has 2 heteroatoms. The van der Waals surface area contributed by atoms with E-state index < -0.39 is 11.5 Å². The second kappa shape index (κ2) is 7.19. The summed E-state index contributed by atoms with van der Waals surface area (Å²) in [6, 6.07) is 0. The Kier molecular flexibility index (Phi) is 5.20. The van der Waals surface area contributed by atoms with Crippen LogP contribution in [0, 0.1) is 50.7 Å². The average Bonchev–Trinajstić information content (AvgIpc) is 3.33. The van der Waals surface area contributed by atoms with Crippen LogP contribution in [0.1, 0.15) is 112 Å². The molecule has 32 heavy (non-hydrogen) atoms. The second-order valence-electron chi connectivity index (χ2n) is 14.0. The number of aldehydes is 1. The summed E-state index contributed by atoms with van der Waals surface area (Å²) in [5.41, 5.74) is 2.66. The van der Waals surface area contributed by atoms with Crippen LogP contribution in [0.15, 0.2) is 11.6 Å². The zero-order chi connectivity index (χ0) is 23.2. The Labute approximate surface area is 197 Å². The van der Waals surface area contributed by atoms with Crippen molar-refractivity contribution in [2.45, 2.75) is 118 Å². The van der Waals surface area contributed by atoms with Crippen molar-refractivity contribution < 1.29 is 9.90 Å². The lowest BCUT2D eigenvalue weighted by atomic mass is 9.41. The van der Waals surface area contributed by atoms with Gasteiger partial charge < -0.3 is 9.90 Å². The lowest BCUT2D eigenvalue weighted by molar-refractivity contribution is -0.168. The molecule has 0 saturated heterocycles. The van der Waals surface area contributed by atoms with E-state index in [1.165, 1.54) is 56.9 Å². The number of aliphatic hydroxyl groups is 1. The zero-order valence-corrected chi connectivity index (χ0v) is 21.7. The third kappa shape index (κ3) is 2.65. The normalized spacial score (nSPS) is 54.5. The lowest BCUT2D eigenvalue weighted by Crippen LogP contribution is -2.58. The van der Waals surface area contributed by atoms with E-state index in [9.17, 15) is 9.90 Å². The van der Waals surface area contributed by atoms with Gasteiger partial charge in [-0.3, -0.25) is 0 Å². The van der Waals surface area contributed by atoms with Crippen molar-refractivity contribution in [3.63, 3.8) is 0 Å². The van der Waals surface area contributed by atoms with E-state index in [1.807, 2.05) is 0 Å². The molecule has 5 rings (SSSR count). The smallest absolute Gasteiger partial charge is 0.128 e. The van der Waals surface area contributed by atoms with E-state index in [0.717, 1.165) is 43.3 Å². The van der Waals surface area contributed by atoms with Gasteiger partial charge in [0.15, 0.2) is 0 Å². The maximum atomic E-state index is 12.2. The molecule has 5 aliphatic rings. The summed E-state index contributed by atoms with van der Waals surface area (Å²) in [5, 5.41) is 10.8. The van der Waals surface area contributed by atoms with E-state index in [1.54, 1.807) is 0 Å². The Balaban J connectivity index is 1.42. The molecule has 0 radical (unpaired) electrons. The molecular weight excluding hydrogens is 392 g/mol. The van der Waals surface area contributed by atoms with Crippen molar-refractivity contribution >= 4 is 6.29 Å². The van der Waals surface area contributed by atoms with Gasteiger partial charge in [-0.2, -0.15) is 0 Å². The van der Waals surface area contributed by atoms with Crippen LogP contribution in [0.4, 0.5) is 0 Å². The molecule has 0 heterocycles. The fraction of sp³-hybridized carbons (Fsp3) is 0.900. The molecule has 2 spiro atoms. The fourth-order valence-corrected chi connectivity index (χ4v) is 11.1. The third-order valence-electron chi connectivity index (χ3n) is 13.0. The zero-order valence-electron chi connectivity index (χ0n) is 21.7. The van der Waals surface area contributed by atoms with Crippen molar-refractivity contribution in [2.75, 3.05) is 0 Å². The minimum absolute atomic E-state index is 0.350. The van der Waals surface area contributed by atoms with Crippen LogP contribution in [0.5, 0.6) is 0 Å². The molecular formula is C30H48O2. The lowest BCUT2D eigenvalue weighted by Gasteiger charge is -2.63. The standard InChI is InChI=1S/C30H48O2/c1-20(2)8-7-9-21(3)22-12-14-28(6)24-11-10-23-26(4,19-31)25(32)13-15-29(23)18-30(24,29)17-16-27(22,28)5/h8,19,21-25,32H,7,9-18H2,1-6H3/t21-,22-,23+,24+,25+,26+,27-,28+,29-,30+/m1/s1. The largest absolute Gasteiger partial charge is 0.392 e. The van der Waals surface area contributed by atoms with Gasteiger partial charge in [0.2, 0.25) is 0 Å². The highest BCUT2D eigenvalue weighted by atomic mass is 16.3. The molecule has 5 aliphatic carbocycles. The molecule has 0 unspecified atom stereocenters. The molecule has 10 atom stereocenters. The monoisotopic (exact) mass is 440 g/mol. The number of fused-ring (bicyclic) bond motifs is 2. The van der Waals surface area contributed by atoms with E-state index in [0.29, 0.717) is 27.6 Å². The quantitative estimate of drug-likeness (QED) is 0.358. The Morgan fingerprint density at radius 2 is 1.62 bits per heavy atom. The highest BCUT2D eigenvalue weighted by molar-refractivity contribution is 5.62. The molecule has 0 aromatic heterocycles. The van der Waals surface area contributed by atoms with E-state index in [4.69, 9.17) is 0 Å². The summed E-state index contributed by atoms with van der Waals surface area (Å²) in [6.45, 7) is 14.4. The van der Waals surface area contributed by atoms with Gasteiger partial charge in [-0.15, -0.1) is 0 Å². The first kappa shape index (κ1) is 23.1. The fourth-order valence-electron chi connectivity index (χ4n) is 11.1. The van der Waals surface area contributed by atoms with Gasteiger partial charge in [0.25, 0.3) is 0 Å². The van der Waals surface area contributed by atoms with Gasteiger partial charge in [0.1, 0.15) is 6.29 Å². The number of carbonyl (C=O) groups excluding carboxylic acids is 1. The minimum Gasteiger partial charge on any atom is -0.392 e. The molecule has 180 valence electrons.